The van der Waals surface area contributed by atoms with Gasteiger partial charge in [0.2, 0.25) is 0 Å². The molecule has 0 aromatic heterocycles. The Morgan fingerprint density at radius 2 is 1.62 bits per heavy atom. The van der Waals surface area contributed by atoms with Gasteiger partial charge in [0, 0.05) is 3.57 Å². The normalized spacial score (nSPS) is 15.1. The molecule has 0 nitrogen and oxygen atoms in total. The summed E-state index contributed by atoms with van der Waals surface area (Å²) in [5.41, 5.74) is 4.14. The molecule has 0 bridgehead atoms. The molecule has 3 rings (SSSR count). The monoisotopic (exact) mass is 320 g/mol. The van der Waals surface area contributed by atoms with E-state index >= 15 is 0 Å². The summed E-state index contributed by atoms with van der Waals surface area (Å²) in [6.07, 6.45) is 2.76. The van der Waals surface area contributed by atoms with E-state index in [1.165, 1.54) is 33.1 Å². The molecule has 2 aromatic rings. The van der Waals surface area contributed by atoms with Crippen LogP contribution in [0.25, 0.3) is 11.1 Å². The first-order valence-electron chi connectivity index (χ1n) is 5.69. The van der Waals surface area contributed by atoms with E-state index in [4.69, 9.17) is 0 Å². The molecule has 0 atom stereocenters. The molecule has 1 fully saturated rings. The fourth-order valence-corrected chi connectivity index (χ4v) is 2.58. The van der Waals surface area contributed by atoms with Crippen molar-refractivity contribution in [2.24, 2.45) is 0 Å². The Labute approximate surface area is 110 Å². The number of rotatable bonds is 2. The van der Waals surface area contributed by atoms with E-state index in [-0.39, 0.29) is 0 Å². The Balaban J connectivity index is 1.94. The van der Waals surface area contributed by atoms with E-state index in [1.54, 1.807) is 0 Å². The molecule has 16 heavy (non-hydrogen) atoms. The van der Waals surface area contributed by atoms with Gasteiger partial charge in [-0.25, -0.2) is 0 Å². The van der Waals surface area contributed by atoms with Gasteiger partial charge in [-0.3, -0.25) is 0 Å². The van der Waals surface area contributed by atoms with Crippen LogP contribution in [0.5, 0.6) is 0 Å². The standard InChI is InChI=1S/C15H13I/c16-15-3-1-2-14(10-15)13-8-6-12(7-9-13)11-4-5-11/h1-3,6-11H,4-5H2. The molecule has 0 radical (unpaired) electrons. The van der Waals surface area contributed by atoms with Crippen LogP contribution in [0.1, 0.15) is 24.3 Å². The van der Waals surface area contributed by atoms with Crippen molar-refractivity contribution in [3.05, 3.63) is 57.7 Å². The number of hydrogen-bond donors (Lipinski definition) is 0. The van der Waals surface area contributed by atoms with E-state index in [0.29, 0.717) is 0 Å². The predicted octanol–water partition coefficient (Wildman–Crippen LogP) is 4.84. The lowest BCUT2D eigenvalue weighted by Gasteiger charge is -2.04. The van der Waals surface area contributed by atoms with Crippen LogP contribution in [-0.4, -0.2) is 0 Å². The molecule has 0 N–H and O–H groups in total. The third-order valence-electron chi connectivity index (χ3n) is 3.12. The Bertz CT molecular complexity index is 495. The van der Waals surface area contributed by atoms with Crippen molar-refractivity contribution in [2.75, 3.05) is 0 Å². The van der Waals surface area contributed by atoms with Crippen LogP contribution in [0.4, 0.5) is 0 Å². The van der Waals surface area contributed by atoms with Crippen molar-refractivity contribution in [2.45, 2.75) is 18.8 Å². The summed E-state index contributed by atoms with van der Waals surface area (Å²) < 4.78 is 1.29. The van der Waals surface area contributed by atoms with E-state index < -0.39 is 0 Å². The highest BCUT2D eigenvalue weighted by atomic mass is 127. The third-order valence-corrected chi connectivity index (χ3v) is 3.79. The summed E-state index contributed by atoms with van der Waals surface area (Å²) >= 11 is 2.36. The molecule has 0 heterocycles. The Hall–Kier alpha value is -0.830. The van der Waals surface area contributed by atoms with Crippen LogP contribution in [-0.2, 0) is 0 Å². The molecule has 1 saturated carbocycles. The lowest BCUT2D eigenvalue weighted by molar-refractivity contribution is 1.13. The summed E-state index contributed by atoms with van der Waals surface area (Å²) in [7, 11) is 0. The molecule has 1 aliphatic carbocycles. The van der Waals surface area contributed by atoms with Crippen molar-refractivity contribution in [1.82, 2.24) is 0 Å². The van der Waals surface area contributed by atoms with Gasteiger partial charge in [-0.2, -0.15) is 0 Å². The van der Waals surface area contributed by atoms with E-state index in [0.717, 1.165) is 5.92 Å². The van der Waals surface area contributed by atoms with Crippen LogP contribution in [0.2, 0.25) is 0 Å². The molecule has 80 valence electrons. The lowest BCUT2D eigenvalue weighted by Crippen LogP contribution is -1.82. The largest absolute Gasteiger partial charge is 0.0606 e. The number of halogens is 1. The zero-order valence-electron chi connectivity index (χ0n) is 8.99. The molecule has 1 heteroatoms. The minimum absolute atomic E-state index is 0.852. The summed E-state index contributed by atoms with van der Waals surface area (Å²) in [5.74, 6) is 0.852. The van der Waals surface area contributed by atoms with Crippen LogP contribution in [0.3, 0.4) is 0 Å². The fraction of sp³-hybridized carbons (Fsp3) is 0.200. The van der Waals surface area contributed by atoms with E-state index in [2.05, 4.69) is 71.1 Å². The Morgan fingerprint density at radius 3 is 2.25 bits per heavy atom. The first-order valence-corrected chi connectivity index (χ1v) is 6.77. The maximum Gasteiger partial charge on any atom is 0.0136 e. The van der Waals surface area contributed by atoms with Crippen molar-refractivity contribution in [3.8, 4) is 11.1 Å². The summed E-state index contributed by atoms with van der Waals surface area (Å²) in [6.45, 7) is 0. The molecule has 0 aliphatic heterocycles. The molecule has 2 aromatic carbocycles. The van der Waals surface area contributed by atoms with Crippen molar-refractivity contribution in [3.63, 3.8) is 0 Å². The van der Waals surface area contributed by atoms with Gasteiger partial charge in [-0.05, 0) is 70.2 Å². The first kappa shape index (κ1) is 10.3. The van der Waals surface area contributed by atoms with E-state index in [9.17, 15) is 0 Å². The van der Waals surface area contributed by atoms with Crippen LogP contribution < -0.4 is 0 Å². The van der Waals surface area contributed by atoms with Gasteiger partial charge in [0.15, 0.2) is 0 Å². The molecule has 1 aliphatic rings. The Kier molecular flexibility index (Phi) is 2.72. The van der Waals surface area contributed by atoms with E-state index in [1.807, 2.05) is 0 Å². The van der Waals surface area contributed by atoms with Crippen LogP contribution in [0, 0.1) is 3.57 Å². The molecular formula is C15H13I. The van der Waals surface area contributed by atoms with Crippen molar-refractivity contribution in [1.29, 1.82) is 0 Å². The highest BCUT2D eigenvalue weighted by Gasteiger charge is 2.22. The second-order valence-corrected chi connectivity index (χ2v) is 5.65. The van der Waals surface area contributed by atoms with Gasteiger partial charge < -0.3 is 0 Å². The molecule has 0 spiro atoms. The van der Waals surface area contributed by atoms with Gasteiger partial charge >= 0.3 is 0 Å². The number of hydrogen-bond acceptors (Lipinski definition) is 0. The number of benzene rings is 2. The fourth-order valence-electron chi connectivity index (χ4n) is 2.03. The maximum absolute atomic E-state index is 2.36. The highest BCUT2D eigenvalue weighted by Crippen LogP contribution is 2.40. The average Bonchev–Trinajstić information content (AvgIpc) is 3.13. The summed E-state index contributed by atoms with van der Waals surface area (Å²) in [5, 5.41) is 0. The smallest absolute Gasteiger partial charge is 0.0136 e. The summed E-state index contributed by atoms with van der Waals surface area (Å²) in [6, 6.07) is 17.7. The molecular weight excluding hydrogens is 307 g/mol. The van der Waals surface area contributed by atoms with Gasteiger partial charge in [-0.15, -0.1) is 0 Å². The molecule has 0 amide bonds. The summed E-state index contributed by atoms with van der Waals surface area (Å²) in [4.78, 5) is 0. The molecule has 0 unspecified atom stereocenters. The first-order chi connectivity index (χ1) is 7.83. The van der Waals surface area contributed by atoms with Crippen LogP contribution >= 0.6 is 22.6 Å². The minimum atomic E-state index is 0.852. The van der Waals surface area contributed by atoms with Gasteiger partial charge in [0.05, 0.1) is 0 Å². The Morgan fingerprint density at radius 1 is 0.875 bits per heavy atom. The minimum Gasteiger partial charge on any atom is -0.0606 e. The highest BCUT2D eigenvalue weighted by molar-refractivity contribution is 14.1. The lowest BCUT2D eigenvalue weighted by atomic mass is 10.0. The zero-order chi connectivity index (χ0) is 11.0. The zero-order valence-corrected chi connectivity index (χ0v) is 11.1. The average molecular weight is 320 g/mol. The quantitative estimate of drug-likeness (QED) is 0.695. The van der Waals surface area contributed by atoms with Gasteiger partial charge in [0.25, 0.3) is 0 Å². The van der Waals surface area contributed by atoms with Crippen molar-refractivity contribution < 1.29 is 0 Å². The van der Waals surface area contributed by atoms with Gasteiger partial charge in [0.1, 0.15) is 0 Å². The predicted molar refractivity (Wildman–Crippen MR) is 76.6 cm³/mol. The van der Waals surface area contributed by atoms with Crippen molar-refractivity contribution >= 4 is 22.6 Å². The SMILES string of the molecule is Ic1cccc(-c2ccc(C3CC3)cc2)c1. The second-order valence-electron chi connectivity index (χ2n) is 4.41. The van der Waals surface area contributed by atoms with Gasteiger partial charge in [-0.1, -0.05) is 36.4 Å². The molecule has 0 saturated heterocycles. The second kappa shape index (κ2) is 4.21. The maximum atomic E-state index is 2.36. The van der Waals surface area contributed by atoms with Crippen LogP contribution in [0.15, 0.2) is 48.5 Å². The topological polar surface area (TPSA) is 0 Å². The third kappa shape index (κ3) is 2.14.